The molecule has 0 bridgehead atoms. The third-order valence-electron chi connectivity index (χ3n) is 7.24. The minimum atomic E-state index is -2.99. The normalized spacial score (nSPS) is 21.9. The average Bonchev–Trinajstić information content (AvgIpc) is 3.35. The fourth-order valence-electron chi connectivity index (χ4n) is 5.27. The highest BCUT2D eigenvalue weighted by molar-refractivity contribution is 6.30. The quantitative estimate of drug-likeness (QED) is 0.422. The van der Waals surface area contributed by atoms with Crippen molar-refractivity contribution >= 4 is 17.4 Å². The molecule has 36 heavy (non-hydrogen) atoms. The second-order valence-corrected chi connectivity index (χ2v) is 10.0. The Kier molecular flexibility index (Phi) is 5.67. The van der Waals surface area contributed by atoms with E-state index in [0.717, 1.165) is 23.1 Å². The Hall–Kier alpha value is -2.79. The van der Waals surface area contributed by atoms with Crippen molar-refractivity contribution in [2.45, 2.75) is 56.7 Å². The lowest BCUT2D eigenvalue weighted by molar-refractivity contribution is 0.0663. The van der Waals surface area contributed by atoms with Crippen molar-refractivity contribution in [3.05, 3.63) is 64.1 Å². The van der Waals surface area contributed by atoms with E-state index in [0.29, 0.717) is 49.1 Å². The number of alkyl halides is 4. The van der Waals surface area contributed by atoms with Gasteiger partial charge in [0.25, 0.3) is 12.3 Å². The van der Waals surface area contributed by atoms with Crippen molar-refractivity contribution in [3.8, 4) is 5.69 Å². The van der Waals surface area contributed by atoms with E-state index in [1.807, 2.05) is 15.5 Å². The summed E-state index contributed by atoms with van der Waals surface area (Å²) in [5, 5.41) is 9.37. The van der Waals surface area contributed by atoms with Gasteiger partial charge in [0.2, 0.25) is 0 Å². The first-order valence-electron chi connectivity index (χ1n) is 11.8. The standard InChI is InChI=1S/C24H22ClF5N6/c25-15-1-3-17-14(9-15)11-35(18-10-24(18,29)30)12-20-32-33-23(36(17)20)13-5-7-34(8-6-13)19-4-2-16(26)21(31-19)22(27)28/h1-4,9,13,18,22H,5-8,10-12H2. The number of benzene rings is 1. The molecule has 0 amide bonds. The summed E-state index contributed by atoms with van der Waals surface area (Å²) in [6.45, 7) is 1.61. The molecule has 190 valence electrons. The van der Waals surface area contributed by atoms with E-state index in [4.69, 9.17) is 11.6 Å². The predicted octanol–water partition coefficient (Wildman–Crippen LogP) is 5.50. The molecule has 4 heterocycles. The van der Waals surface area contributed by atoms with Gasteiger partial charge in [0, 0.05) is 37.0 Å². The Balaban J connectivity index is 1.27. The van der Waals surface area contributed by atoms with Gasteiger partial charge in [0.05, 0.1) is 18.3 Å². The summed E-state index contributed by atoms with van der Waals surface area (Å²) < 4.78 is 69.7. The fourth-order valence-corrected chi connectivity index (χ4v) is 5.47. The highest BCUT2D eigenvalue weighted by Crippen LogP contribution is 2.47. The maximum Gasteiger partial charge on any atom is 0.283 e. The summed E-state index contributed by atoms with van der Waals surface area (Å²) >= 11 is 6.24. The van der Waals surface area contributed by atoms with Gasteiger partial charge in [0.1, 0.15) is 17.3 Å². The number of pyridine rings is 1. The molecule has 6 rings (SSSR count). The van der Waals surface area contributed by atoms with Gasteiger partial charge < -0.3 is 4.90 Å². The topological polar surface area (TPSA) is 50.1 Å². The summed E-state index contributed by atoms with van der Waals surface area (Å²) in [7, 11) is 0. The molecule has 1 atom stereocenters. The molecular weight excluding hydrogens is 503 g/mol. The molecular formula is C24H22ClF5N6. The smallest absolute Gasteiger partial charge is 0.283 e. The molecule has 0 spiro atoms. The number of rotatable bonds is 4. The van der Waals surface area contributed by atoms with Crippen LogP contribution >= 0.6 is 11.6 Å². The van der Waals surface area contributed by atoms with Gasteiger partial charge >= 0.3 is 0 Å². The van der Waals surface area contributed by atoms with Crippen LogP contribution in [0.1, 0.15) is 54.5 Å². The van der Waals surface area contributed by atoms with Crippen LogP contribution in [0.2, 0.25) is 5.02 Å². The molecule has 1 aliphatic carbocycles. The molecule has 1 saturated carbocycles. The highest BCUT2D eigenvalue weighted by atomic mass is 35.5. The van der Waals surface area contributed by atoms with Crippen LogP contribution in [0.5, 0.6) is 0 Å². The second-order valence-electron chi connectivity index (χ2n) is 9.57. The number of hydrogen-bond donors (Lipinski definition) is 0. The number of hydrogen-bond acceptors (Lipinski definition) is 5. The summed E-state index contributed by atoms with van der Waals surface area (Å²) in [6.07, 6.45) is -1.87. The van der Waals surface area contributed by atoms with Crippen molar-refractivity contribution < 1.29 is 22.0 Å². The number of nitrogens with zero attached hydrogens (tertiary/aromatic N) is 6. The molecule has 2 aliphatic heterocycles. The van der Waals surface area contributed by atoms with E-state index >= 15 is 0 Å². The zero-order valence-electron chi connectivity index (χ0n) is 19.0. The number of piperidine rings is 1. The van der Waals surface area contributed by atoms with Crippen molar-refractivity contribution in [2.24, 2.45) is 0 Å². The first-order chi connectivity index (χ1) is 17.2. The molecule has 1 unspecified atom stereocenters. The van der Waals surface area contributed by atoms with Crippen molar-refractivity contribution in [1.82, 2.24) is 24.6 Å². The fraction of sp³-hybridized carbons (Fsp3) is 0.458. The van der Waals surface area contributed by atoms with Gasteiger partial charge in [-0.05, 0) is 48.7 Å². The Morgan fingerprint density at radius 3 is 2.47 bits per heavy atom. The van der Waals surface area contributed by atoms with Crippen LogP contribution in [0.25, 0.3) is 5.69 Å². The summed E-state index contributed by atoms with van der Waals surface area (Å²) in [5.41, 5.74) is 0.806. The molecule has 3 aliphatic rings. The van der Waals surface area contributed by atoms with E-state index in [2.05, 4.69) is 15.2 Å². The van der Waals surface area contributed by atoms with Crippen LogP contribution in [0.4, 0.5) is 27.8 Å². The van der Waals surface area contributed by atoms with E-state index < -0.39 is 29.9 Å². The first kappa shape index (κ1) is 23.6. The third-order valence-corrected chi connectivity index (χ3v) is 7.47. The lowest BCUT2D eigenvalue weighted by Gasteiger charge is -2.32. The maximum absolute atomic E-state index is 13.9. The molecule has 2 fully saturated rings. The second kappa shape index (κ2) is 8.65. The summed E-state index contributed by atoms with van der Waals surface area (Å²) in [4.78, 5) is 7.42. The summed E-state index contributed by atoms with van der Waals surface area (Å²) in [5.74, 6) is -2.08. The van der Waals surface area contributed by atoms with Crippen molar-refractivity contribution in [1.29, 1.82) is 0 Å². The van der Waals surface area contributed by atoms with Crippen LogP contribution in [-0.2, 0) is 13.1 Å². The van der Waals surface area contributed by atoms with Crippen LogP contribution in [-0.4, -0.2) is 49.7 Å². The lowest BCUT2D eigenvalue weighted by Crippen LogP contribution is -2.34. The molecule has 0 N–H and O–H groups in total. The number of fused-ring (bicyclic) bond motifs is 3. The van der Waals surface area contributed by atoms with E-state index in [-0.39, 0.29) is 18.9 Å². The largest absolute Gasteiger partial charge is 0.357 e. The van der Waals surface area contributed by atoms with E-state index in [1.54, 1.807) is 17.0 Å². The molecule has 3 aromatic rings. The average molecular weight is 525 g/mol. The van der Waals surface area contributed by atoms with Crippen LogP contribution < -0.4 is 4.90 Å². The van der Waals surface area contributed by atoms with Gasteiger partial charge in [-0.15, -0.1) is 10.2 Å². The van der Waals surface area contributed by atoms with Gasteiger partial charge in [-0.3, -0.25) is 9.47 Å². The Morgan fingerprint density at radius 1 is 1.03 bits per heavy atom. The molecule has 12 heteroatoms. The minimum absolute atomic E-state index is 0.00922. The van der Waals surface area contributed by atoms with Crippen LogP contribution in [0.3, 0.4) is 0 Å². The first-order valence-corrected chi connectivity index (χ1v) is 12.1. The molecule has 0 radical (unpaired) electrons. The van der Waals surface area contributed by atoms with Gasteiger partial charge in [-0.25, -0.2) is 26.9 Å². The predicted molar refractivity (Wildman–Crippen MR) is 122 cm³/mol. The van der Waals surface area contributed by atoms with Crippen LogP contribution in [0.15, 0.2) is 30.3 Å². The Morgan fingerprint density at radius 2 is 1.78 bits per heavy atom. The highest BCUT2D eigenvalue weighted by Gasteiger charge is 2.60. The van der Waals surface area contributed by atoms with E-state index in [1.165, 1.54) is 6.07 Å². The number of anilines is 1. The maximum atomic E-state index is 13.9. The number of halogens is 6. The molecule has 2 aromatic heterocycles. The zero-order valence-corrected chi connectivity index (χ0v) is 19.8. The molecule has 1 saturated heterocycles. The van der Waals surface area contributed by atoms with Crippen LogP contribution in [0, 0.1) is 5.82 Å². The molecule has 1 aromatic carbocycles. The zero-order chi connectivity index (χ0) is 25.2. The Bertz CT molecular complexity index is 1310. The van der Waals surface area contributed by atoms with E-state index in [9.17, 15) is 22.0 Å². The van der Waals surface area contributed by atoms with Gasteiger partial charge in [-0.2, -0.15) is 0 Å². The number of aromatic nitrogens is 4. The Labute approximate surface area is 208 Å². The SMILES string of the molecule is Fc1ccc(N2CCC(c3nnc4n3-c3ccc(Cl)cc3CN(C3CC3(F)F)C4)CC2)nc1C(F)F. The monoisotopic (exact) mass is 524 g/mol. The van der Waals surface area contributed by atoms with Gasteiger partial charge in [0.15, 0.2) is 11.6 Å². The summed E-state index contributed by atoms with van der Waals surface area (Å²) in [6, 6.07) is 7.02. The lowest BCUT2D eigenvalue weighted by atomic mass is 9.95. The molecule has 6 nitrogen and oxygen atoms in total. The minimum Gasteiger partial charge on any atom is -0.357 e. The van der Waals surface area contributed by atoms with Gasteiger partial charge in [-0.1, -0.05) is 11.6 Å². The van der Waals surface area contributed by atoms with Crippen molar-refractivity contribution in [2.75, 3.05) is 18.0 Å². The third kappa shape index (κ3) is 4.11. The van der Waals surface area contributed by atoms with Crippen molar-refractivity contribution in [3.63, 3.8) is 0 Å².